The first-order chi connectivity index (χ1) is 8.49. The molecule has 1 rings (SSSR count). The van der Waals surface area contributed by atoms with Crippen LogP contribution in [0.25, 0.3) is 0 Å². The van der Waals surface area contributed by atoms with Crippen LogP contribution in [0.5, 0.6) is 5.75 Å². The van der Waals surface area contributed by atoms with Gasteiger partial charge in [0, 0.05) is 5.02 Å². The van der Waals surface area contributed by atoms with E-state index in [1.807, 2.05) is 5.48 Å². The van der Waals surface area contributed by atoms with Crippen LogP contribution in [0.2, 0.25) is 5.02 Å². The summed E-state index contributed by atoms with van der Waals surface area (Å²) in [5.74, 6) is -1.33. The summed E-state index contributed by atoms with van der Waals surface area (Å²) in [4.78, 5) is 26.0. The Balaban J connectivity index is 2.42. The third-order valence-electron chi connectivity index (χ3n) is 1.85. The second kappa shape index (κ2) is 6.83. The Morgan fingerprint density at radius 2 is 2.22 bits per heavy atom. The maximum absolute atomic E-state index is 11.4. The van der Waals surface area contributed by atoms with Gasteiger partial charge in [0.25, 0.3) is 5.91 Å². The monoisotopic (exact) mass is 273 g/mol. The number of carboxylic acids is 1. The summed E-state index contributed by atoms with van der Waals surface area (Å²) in [6.45, 7) is 0.885. The maximum Gasteiger partial charge on any atom is 0.332 e. The van der Waals surface area contributed by atoms with Gasteiger partial charge < -0.3 is 9.84 Å². The third kappa shape index (κ3) is 5.03. The highest BCUT2D eigenvalue weighted by molar-refractivity contribution is 6.30. The number of benzene rings is 1. The zero-order valence-electron chi connectivity index (χ0n) is 9.55. The lowest BCUT2D eigenvalue weighted by Crippen LogP contribution is -2.37. The molecular formula is C11H12ClNO5. The number of hydrogen-bond donors (Lipinski definition) is 2. The van der Waals surface area contributed by atoms with Crippen molar-refractivity contribution in [1.29, 1.82) is 0 Å². The summed E-state index contributed by atoms with van der Waals surface area (Å²) in [6.07, 6.45) is -0.836. The number of carboxylic acid groups (broad SMARTS) is 1. The molecule has 0 aromatic heterocycles. The van der Waals surface area contributed by atoms with Crippen molar-refractivity contribution in [1.82, 2.24) is 5.48 Å². The van der Waals surface area contributed by atoms with Gasteiger partial charge in [0.15, 0.2) is 12.7 Å². The van der Waals surface area contributed by atoms with Gasteiger partial charge in [0.05, 0.1) is 0 Å². The fourth-order valence-corrected chi connectivity index (χ4v) is 1.23. The van der Waals surface area contributed by atoms with E-state index in [4.69, 9.17) is 21.4 Å². The van der Waals surface area contributed by atoms with Gasteiger partial charge in [-0.25, -0.2) is 10.3 Å². The molecule has 0 fully saturated rings. The van der Waals surface area contributed by atoms with Crippen LogP contribution in [-0.2, 0) is 14.4 Å². The second-order valence-corrected chi connectivity index (χ2v) is 3.80. The summed E-state index contributed by atoms with van der Waals surface area (Å²) in [5, 5.41) is 8.80. The first-order valence-corrected chi connectivity index (χ1v) is 5.42. The molecule has 0 radical (unpaired) electrons. The molecule has 0 aliphatic heterocycles. The lowest BCUT2D eigenvalue weighted by atomic mass is 10.3. The molecule has 0 spiro atoms. The van der Waals surface area contributed by atoms with E-state index in [2.05, 4.69) is 4.84 Å². The molecule has 1 unspecified atom stereocenters. The minimum absolute atomic E-state index is 0.434. The summed E-state index contributed by atoms with van der Waals surface area (Å²) in [5.41, 5.74) is 1.97. The number of aliphatic carboxylic acids is 1. The molecule has 0 aliphatic rings. The van der Waals surface area contributed by atoms with E-state index >= 15 is 0 Å². The van der Waals surface area contributed by atoms with Gasteiger partial charge in [-0.15, -0.1) is 0 Å². The molecule has 18 heavy (non-hydrogen) atoms. The SMILES string of the molecule is CC(Oc1cccc(Cl)c1)C(=O)NOCC(=O)O. The van der Waals surface area contributed by atoms with Crippen LogP contribution in [-0.4, -0.2) is 29.7 Å². The highest BCUT2D eigenvalue weighted by Crippen LogP contribution is 2.18. The zero-order chi connectivity index (χ0) is 13.5. The van der Waals surface area contributed by atoms with E-state index < -0.39 is 24.6 Å². The number of nitrogens with one attached hydrogen (secondary N) is 1. The summed E-state index contributed by atoms with van der Waals surface area (Å²) >= 11 is 5.76. The van der Waals surface area contributed by atoms with E-state index in [9.17, 15) is 9.59 Å². The van der Waals surface area contributed by atoms with Crippen LogP contribution in [0.1, 0.15) is 6.92 Å². The minimum atomic E-state index is -1.18. The number of rotatable bonds is 6. The van der Waals surface area contributed by atoms with Crippen molar-refractivity contribution in [2.75, 3.05) is 6.61 Å². The molecule has 1 amide bonds. The van der Waals surface area contributed by atoms with Crippen molar-refractivity contribution in [3.05, 3.63) is 29.3 Å². The Hall–Kier alpha value is -1.79. The zero-order valence-corrected chi connectivity index (χ0v) is 10.3. The van der Waals surface area contributed by atoms with E-state index in [0.29, 0.717) is 10.8 Å². The van der Waals surface area contributed by atoms with Crippen molar-refractivity contribution < 1.29 is 24.3 Å². The predicted octanol–water partition coefficient (Wildman–Crippen LogP) is 1.24. The van der Waals surface area contributed by atoms with E-state index in [1.54, 1.807) is 24.3 Å². The van der Waals surface area contributed by atoms with Crippen LogP contribution >= 0.6 is 11.6 Å². The molecule has 0 saturated heterocycles. The fourth-order valence-electron chi connectivity index (χ4n) is 1.05. The molecule has 1 aromatic rings. The average molecular weight is 274 g/mol. The maximum atomic E-state index is 11.4. The predicted molar refractivity (Wildman–Crippen MR) is 63.3 cm³/mol. The molecule has 7 heteroatoms. The number of amides is 1. The molecule has 1 aromatic carbocycles. The van der Waals surface area contributed by atoms with Crippen molar-refractivity contribution in [2.24, 2.45) is 0 Å². The van der Waals surface area contributed by atoms with Crippen molar-refractivity contribution in [3.8, 4) is 5.75 Å². The molecule has 2 N–H and O–H groups in total. The van der Waals surface area contributed by atoms with Crippen LogP contribution in [0.3, 0.4) is 0 Å². The Kier molecular flexibility index (Phi) is 5.41. The second-order valence-electron chi connectivity index (χ2n) is 3.37. The van der Waals surface area contributed by atoms with E-state index in [1.165, 1.54) is 6.92 Å². The van der Waals surface area contributed by atoms with Crippen molar-refractivity contribution in [2.45, 2.75) is 13.0 Å². The average Bonchev–Trinajstić information content (AvgIpc) is 2.28. The molecule has 0 bridgehead atoms. The lowest BCUT2D eigenvalue weighted by Gasteiger charge is -2.14. The van der Waals surface area contributed by atoms with Gasteiger partial charge in [0.1, 0.15) is 5.75 Å². The Labute approximate surface area is 108 Å². The summed E-state index contributed by atoms with van der Waals surface area (Å²) in [6, 6.07) is 6.57. The van der Waals surface area contributed by atoms with Crippen molar-refractivity contribution in [3.63, 3.8) is 0 Å². The standard InChI is InChI=1S/C11H12ClNO5/c1-7(11(16)13-17-6-10(14)15)18-9-4-2-3-8(12)5-9/h2-5,7H,6H2,1H3,(H,13,16)(H,14,15). The largest absolute Gasteiger partial charge is 0.481 e. The Morgan fingerprint density at radius 3 is 2.83 bits per heavy atom. The van der Waals surface area contributed by atoms with Gasteiger partial charge >= 0.3 is 5.97 Å². The van der Waals surface area contributed by atoms with Crippen LogP contribution < -0.4 is 10.2 Å². The van der Waals surface area contributed by atoms with Crippen molar-refractivity contribution >= 4 is 23.5 Å². The highest BCUT2D eigenvalue weighted by Gasteiger charge is 2.15. The minimum Gasteiger partial charge on any atom is -0.481 e. The number of ether oxygens (including phenoxy) is 1. The number of carbonyl (C=O) groups is 2. The number of hydrogen-bond acceptors (Lipinski definition) is 4. The van der Waals surface area contributed by atoms with Gasteiger partial charge in [0.2, 0.25) is 0 Å². The van der Waals surface area contributed by atoms with Gasteiger partial charge in [-0.2, -0.15) is 0 Å². The quantitative estimate of drug-likeness (QED) is 0.762. The summed E-state index contributed by atoms with van der Waals surface area (Å²) in [7, 11) is 0. The number of carbonyl (C=O) groups excluding carboxylic acids is 1. The first-order valence-electron chi connectivity index (χ1n) is 5.04. The molecule has 6 nitrogen and oxygen atoms in total. The smallest absolute Gasteiger partial charge is 0.332 e. The molecule has 0 saturated carbocycles. The van der Waals surface area contributed by atoms with Gasteiger partial charge in [-0.3, -0.25) is 9.63 Å². The Bertz CT molecular complexity index is 437. The molecule has 0 aliphatic carbocycles. The Morgan fingerprint density at radius 1 is 1.50 bits per heavy atom. The topological polar surface area (TPSA) is 84.9 Å². The highest BCUT2D eigenvalue weighted by atomic mass is 35.5. The first kappa shape index (κ1) is 14.3. The van der Waals surface area contributed by atoms with E-state index in [-0.39, 0.29) is 0 Å². The number of hydroxylamine groups is 1. The van der Waals surface area contributed by atoms with Crippen LogP contribution in [0.4, 0.5) is 0 Å². The van der Waals surface area contributed by atoms with E-state index in [0.717, 1.165) is 0 Å². The fraction of sp³-hybridized carbons (Fsp3) is 0.273. The summed E-state index contributed by atoms with van der Waals surface area (Å²) < 4.78 is 5.29. The molecule has 1 atom stereocenters. The number of halogens is 1. The van der Waals surface area contributed by atoms with Gasteiger partial charge in [-0.05, 0) is 25.1 Å². The molecular weight excluding hydrogens is 262 g/mol. The van der Waals surface area contributed by atoms with Gasteiger partial charge in [-0.1, -0.05) is 17.7 Å². The lowest BCUT2D eigenvalue weighted by molar-refractivity contribution is -0.151. The molecule has 0 heterocycles. The van der Waals surface area contributed by atoms with Crippen LogP contribution in [0.15, 0.2) is 24.3 Å². The molecule has 98 valence electrons. The normalized spacial score (nSPS) is 11.7. The third-order valence-corrected chi connectivity index (χ3v) is 2.08. The van der Waals surface area contributed by atoms with Crippen LogP contribution in [0, 0.1) is 0 Å².